The molecule has 0 fully saturated rings. The molecule has 0 bridgehead atoms. The standard InChI is InChI=1S/C23H22N4O3/c1-29-21-7-3-5-17(13-21)15-24-26-20-11-9-19(10-12-20)23(28)27-25-16-18-6-4-8-22(14-18)30-2/h3-16,26H,1-2H3,(H,27,28)/b24-15+,25-16+. The first-order valence-corrected chi connectivity index (χ1v) is 9.18. The van der Waals surface area contributed by atoms with E-state index < -0.39 is 0 Å². The van der Waals surface area contributed by atoms with E-state index in [1.807, 2.05) is 48.5 Å². The van der Waals surface area contributed by atoms with Crippen molar-refractivity contribution in [1.29, 1.82) is 0 Å². The van der Waals surface area contributed by atoms with Crippen molar-refractivity contribution in [1.82, 2.24) is 5.43 Å². The summed E-state index contributed by atoms with van der Waals surface area (Å²) in [4.78, 5) is 12.2. The Morgan fingerprint density at radius 1 is 0.800 bits per heavy atom. The Hall–Kier alpha value is -4.13. The van der Waals surface area contributed by atoms with Crippen molar-refractivity contribution in [3.8, 4) is 11.5 Å². The SMILES string of the molecule is COc1cccc(/C=N/NC(=O)c2ccc(N/N=C/c3cccc(OC)c3)cc2)c1. The van der Waals surface area contributed by atoms with Gasteiger partial charge in [-0.05, 0) is 59.7 Å². The fraction of sp³-hybridized carbons (Fsp3) is 0.0870. The van der Waals surface area contributed by atoms with E-state index in [0.29, 0.717) is 5.56 Å². The first kappa shape index (κ1) is 20.6. The molecule has 2 N–H and O–H groups in total. The molecule has 0 atom stereocenters. The van der Waals surface area contributed by atoms with Gasteiger partial charge in [0.1, 0.15) is 11.5 Å². The number of ether oxygens (including phenoxy) is 2. The topological polar surface area (TPSA) is 84.3 Å². The number of nitrogens with zero attached hydrogens (tertiary/aromatic N) is 2. The zero-order chi connectivity index (χ0) is 21.2. The van der Waals surface area contributed by atoms with Crippen molar-refractivity contribution in [2.24, 2.45) is 10.2 Å². The minimum absolute atomic E-state index is 0.305. The Morgan fingerprint density at radius 3 is 1.93 bits per heavy atom. The summed E-state index contributed by atoms with van der Waals surface area (Å²) in [5.41, 5.74) is 8.41. The molecule has 0 saturated heterocycles. The van der Waals surface area contributed by atoms with Gasteiger partial charge in [-0.15, -0.1) is 0 Å². The van der Waals surface area contributed by atoms with Crippen LogP contribution in [0.4, 0.5) is 5.69 Å². The summed E-state index contributed by atoms with van der Waals surface area (Å²) in [7, 11) is 3.22. The van der Waals surface area contributed by atoms with Crippen molar-refractivity contribution < 1.29 is 14.3 Å². The Kier molecular flexibility index (Phi) is 7.16. The van der Waals surface area contributed by atoms with Gasteiger partial charge in [-0.2, -0.15) is 10.2 Å². The maximum atomic E-state index is 12.2. The highest BCUT2D eigenvalue weighted by Gasteiger charge is 2.03. The number of carbonyl (C=O) groups excluding carboxylic acids is 1. The molecule has 7 nitrogen and oxygen atoms in total. The highest BCUT2D eigenvalue weighted by Crippen LogP contribution is 2.13. The highest BCUT2D eigenvalue weighted by atomic mass is 16.5. The van der Waals surface area contributed by atoms with Crippen LogP contribution >= 0.6 is 0 Å². The molecule has 0 spiro atoms. The van der Waals surface area contributed by atoms with Crippen LogP contribution in [0.5, 0.6) is 11.5 Å². The first-order valence-electron chi connectivity index (χ1n) is 9.18. The number of hydrogen-bond donors (Lipinski definition) is 2. The van der Waals surface area contributed by atoms with Gasteiger partial charge >= 0.3 is 0 Å². The van der Waals surface area contributed by atoms with E-state index in [-0.39, 0.29) is 5.91 Å². The maximum absolute atomic E-state index is 12.2. The van der Waals surface area contributed by atoms with Crippen LogP contribution < -0.4 is 20.3 Å². The monoisotopic (exact) mass is 402 g/mol. The molecule has 0 unspecified atom stereocenters. The Balaban J connectivity index is 1.53. The number of anilines is 1. The van der Waals surface area contributed by atoms with Crippen molar-refractivity contribution in [2.45, 2.75) is 0 Å². The van der Waals surface area contributed by atoms with E-state index in [9.17, 15) is 4.79 Å². The Bertz CT molecular complexity index is 1050. The normalized spacial score (nSPS) is 10.9. The van der Waals surface area contributed by atoms with Crippen LogP contribution in [0, 0.1) is 0 Å². The molecule has 1 amide bonds. The number of nitrogens with one attached hydrogen (secondary N) is 2. The van der Waals surface area contributed by atoms with Crippen LogP contribution in [0.2, 0.25) is 0 Å². The second-order valence-corrected chi connectivity index (χ2v) is 6.20. The fourth-order valence-corrected chi connectivity index (χ4v) is 2.55. The molecule has 3 aromatic carbocycles. The van der Waals surface area contributed by atoms with Crippen LogP contribution in [-0.2, 0) is 0 Å². The van der Waals surface area contributed by atoms with Gasteiger partial charge < -0.3 is 9.47 Å². The third-order valence-corrected chi connectivity index (χ3v) is 4.12. The number of rotatable bonds is 8. The molecule has 3 rings (SSSR count). The largest absolute Gasteiger partial charge is 0.497 e. The Morgan fingerprint density at radius 2 is 1.37 bits per heavy atom. The molecule has 0 heterocycles. The van der Waals surface area contributed by atoms with Crippen LogP contribution in [0.3, 0.4) is 0 Å². The number of benzene rings is 3. The molecule has 30 heavy (non-hydrogen) atoms. The zero-order valence-electron chi connectivity index (χ0n) is 16.7. The van der Waals surface area contributed by atoms with E-state index >= 15 is 0 Å². The van der Waals surface area contributed by atoms with E-state index in [4.69, 9.17) is 9.47 Å². The maximum Gasteiger partial charge on any atom is 0.271 e. The van der Waals surface area contributed by atoms with Crippen molar-refractivity contribution >= 4 is 24.0 Å². The third-order valence-electron chi connectivity index (χ3n) is 4.12. The van der Waals surface area contributed by atoms with E-state index in [1.54, 1.807) is 50.9 Å². The molecule has 0 aliphatic carbocycles. The van der Waals surface area contributed by atoms with Crippen LogP contribution in [0.25, 0.3) is 0 Å². The van der Waals surface area contributed by atoms with E-state index in [0.717, 1.165) is 28.3 Å². The van der Waals surface area contributed by atoms with E-state index in [2.05, 4.69) is 21.1 Å². The lowest BCUT2D eigenvalue weighted by Crippen LogP contribution is -2.17. The number of amides is 1. The van der Waals surface area contributed by atoms with Crippen LogP contribution in [-0.4, -0.2) is 32.6 Å². The van der Waals surface area contributed by atoms with Gasteiger partial charge in [0.2, 0.25) is 0 Å². The minimum Gasteiger partial charge on any atom is -0.497 e. The zero-order valence-corrected chi connectivity index (χ0v) is 16.7. The molecule has 7 heteroatoms. The summed E-state index contributed by atoms with van der Waals surface area (Å²) >= 11 is 0. The van der Waals surface area contributed by atoms with Gasteiger partial charge in [-0.25, -0.2) is 5.43 Å². The van der Waals surface area contributed by atoms with Crippen molar-refractivity contribution in [3.05, 3.63) is 89.5 Å². The van der Waals surface area contributed by atoms with Gasteiger partial charge in [-0.1, -0.05) is 24.3 Å². The summed E-state index contributed by atoms with van der Waals surface area (Å²) in [6, 6.07) is 21.9. The quantitative estimate of drug-likeness (QED) is 0.442. The predicted molar refractivity (Wildman–Crippen MR) is 119 cm³/mol. The summed E-state index contributed by atoms with van der Waals surface area (Å²) in [5, 5.41) is 8.18. The second-order valence-electron chi connectivity index (χ2n) is 6.20. The summed E-state index contributed by atoms with van der Waals surface area (Å²) in [5.74, 6) is 1.19. The summed E-state index contributed by atoms with van der Waals surface area (Å²) in [6.45, 7) is 0. The first-order chi connectivity index (χ1) is 14.7. The average molecular weight is 402 g/mol. The molecule has 0 aliphatic rings. The minimum atomic E-state index is -0.305. The summed E-state index contributed by atoms with van der Waals surface area (Å²) < 4.78 is 10.3. The van der Waals surface area contributed by atoms with Gasteiger partial charge in [0.05, 0.1) is 32.3 Å². The predicted octanol–water partition coefficient (Wildman–Crippen LogP) is 3.91. The molecular weight excluding hydrogens is 380 g/mol. The second kappa shape index (κ2) is 10.4. The van der Waals surface area contributed by atoms with Crippen molar-refractivity contribution in [3.63, 3.8) is 0 Å². The lowest BCUT2D eigenvalue weighted by molar-refractivity contribution is 0.0955. The number of carbonyl (C=O) groups is 1. The van der Waals surface area contributed by atoms with Gasteiger partial charge in [0, 0.05) is 5.56 Å². The molecule has 0 aromatic heterocycles. The molecule has 152 valence electrons. The molecule has 3 aromatic rings. The molecule has 0 radical (unpaired) electrons. The molecular formula is C23H22N4O3. The Labute approximate surface area is 175 Å². The van der Waals surface area contributed by atoms with Gasteiger partial charge in [0.25, 0.3) is 5.91 Å². The van der Waals surface area contributed by atoms with Gasteiger partial charge in [-0.3, -0.25) is 10.2 Å². The number of methoxy groups -OCH3 is 2. The van der Waals surface area contributed by atoms with E-state index in [1.165, 1.54) is 0 Å². The van der Waals surface area contributed by atoms with Crippen molar-refractivity contribution in [2.75, 3.05) is 19.6 Å². The van der Waals surface area contributed by atoms with Gasteiger partial charge in [0.15, 0.2) is 0 Å². The third kappa shape index (κ3) is 5.93. The molecule has 0 saturated carbocycles. The number of hydrogen-bond acceptors (Lipinski definition) is 6. The lowest BCUT2D eigenvalue weighted by atomic mass is 10.2. The smallest absolute Gasteiger partial charge is 0.271 e. The van der Waals surface area contributed by atoms with Crippen LogP contribution in [0.15, 0.2) is 83.0 Å². The highest BCUT2D eigenvalue weighted by molar-refractivity contribution is 5.95. The molecule has 0 aliphatic heterocycles. The summed E-state index contributed by atoms with van der Waals surface area (Å²) in [6.07, 6.45) is 3.25. The lowest BCUT2D eigenvalue weighted by Gasteiger charge is -2.04. The van der Waals surface area contributed by atoms with Crippen LogP contribution in [0.1, 0.15) is 21.5 Å². The average Bonchev–Trinajstić information content (AvgIpc) is 2.80. The fourth-order valence-electron chi connectivity index (χ4n) is 2.55. The number of hydrazone groups is 2.